The highest BCUT2D eigenvalue weighted by molar-refractivity contribution is 7.88. The molecule has 0 bridgehead atoms. The van der Waals surface area contributed by atoms with E-state index in [4.69, 9.17) is 8.92 Å². The van der Waals surface area contributed by atoms with Crippen LogP contribution < -0.4 is 15.0 Å². The molecule has 1 N–H and O–H groups in total. The maximum Gasteiger partial charge on any atom is 0.360 e. The van der Waals surface area contributed by atoms with Crippen molar-refractivity contribution >= 4 is 26.9 Å². The van der Waals surface area contributed by atoms with Crippen LogP contribution in [0, 0.1) is 17.1 Å². The van der Waals surface area contributed by atoms with E-state index in [0.717, 1.165) is 18.6 Å². The van der Waals surface area contributed by atoms with Crippen molar-refractivity contribution in [1.82, 2.24) is 9.55 Å². The number of rotatable bonds is 6. The molecule has 31 heavy (non-hydrogen) atoms. The fourth-order valence-electron chi connectivity index (χ4n) is 3.03. The highest BCUT2D eigenvalue weighted by Gasteiger charge is 2.27. The maximum absolute atomic E-state index is 14.5. The van der Waals surface area contributed by atoms with Gasteiger partial charge in [0.2, 0.25) is 0 Å². The normalized spacial score (nSPS) is 14.1. The SMILES string of the molecule is Cn1cnc2ccc(Oc3c(F)ccc(NS(=O)(=O)OC4CCC4)c3C#N)cc2c1=O. The lowest BCUT2D eigenvalue weighted by atomic mass is 9.97. The number of nitrogens with zero attached hydrogens (tertiary/aromatic N) is 3. The van der Waals surface area contributed by atoms with Gasteiger partial charge in [0.05, 0.1) is 29.0 Å². The molecule has 0 spiro atoms. The van der Waals surface area contributed by atoms with E-state index >= 15 is 0 Å². The van der Waals surface area contributed by atoms with Crippen LogP contribution in [0.1, 0.15) is 24.8 Å². The van der Waals surface area contributed by atoms with Crippen LogP contribution in [-0.2, 0) is 21.5 Å². The Bertz CT molecular complexity index is 1380. The monoisotopic (exact) mass is 444 g/mol. The van der Waals surface area contributed by atoms with Gasteiger partial charge in [-0.15, -0.1) is 0 Å². The number of aromatic nitrogens is 2. The Morgan fingerprint density at radius 3 is 2.74 bits per heavy atom. The summed E-state index contributed by atoms with van der Waals surface area (Å²) in [5.41, 5.74) is -0.450. The van der Waals surface area contributed by atoms with Crippen LogP contribution in [0.4, 0.5) is 10.1 Å². The zero-order valence-corrected chi connectivity index (χ0v) is 17.1. The lowest BCUT2D eigenvalue weighted by Gasteiger charge is -2.25. The van der Waals surface area contributed by atoms with Crippen LogP contribution in [0.5, 0.6) is 11.5 Å². The summed E-state index contributed by atoms with van der Waals surface area (Å²) in [5, 5.41) is 9.80. The minimum Gasteiger partial charge on any atom is -0.453 e. The number of fused-ring (bicyclic) bond motifs is 1. The zero-order chi connectivity index (χ0) is 22.2. The lowest BCUT2D eigenvalue weighted by molar-refractivity contribution is 0.129. The lowest BCUT2D eigenvalue weighted by Crippen LogP contribution is -2.28. The summed E-state index contributed by atoms with van der Waals surface area (Å²) >= 11 is 0. The molecule has 11 heteroatoms. The Hall–Kier alpha value is -3.49. The van der Waals surface area contributed by atoms with E-state index in [9.17, 15) is 22.9 Å². The smallest absolute Gasteiger partial charge is 0.360 e. The van der Waals surface area contributed by atoms with Crippen LogP contribution in [0.25, 0.3) is 10.9 Å². The fraction of sp³-hybridized carbons (Fsp3) is 0.250. The van der Waals surface area contributed by atoms with Gasteiger partial charge in [-0.25, -0.2) is 9.37 Å². The Balaban J connectivity index is 1.69. The molecule has 1 heterocycles. The number of anilines is 1. The van der Waals surface area contributed by atoms with E-state index in [1.807, 2.05) is 0 Å². The van der Waals surface area contributed by atoms with E-state index in [2.05, 4.69) is 9.71 Å². The summed E-state index contributed by atoms with van der Waals surface area (Å²) in [5.74, 6) is -1.27. The first kappa shape index (κ1) is 20.8. The molecule has 4 rings (SSSR count). The summed E-state index contributed by atoms with van der Waals surface area (Å²) in [6.07, 6.45) is 3.09. The van der Waals surface area contributed by atoms with Gasteiger partial charge in [-0.2, -0.15) is 13.7 Å². The molecule has 1 fully saturated rings. The van der Waals surface area contributed by atoms with Crippen LogP contribution in [0.3, 0.4) is 0 Å². The van der Waals surface area contributed by atoms with E-state index in [1.165, 1.54) is 36.1 Å². The molecule has 2 aromatic carbocycles. The van der Waals surface area contributed by atoms with Crippen molar-refractivity contribution in [2.75, 3.05) is 4.72 Å². The van der Waals surface area contributed by atoms with E-state index in [0.29, 0.717) is 18.4 Å². The topological polar surface area (TPSA) is 123 Å². The predicted molar refractivity (Wildman–Crippen MR) is 109 cm³/mol. The highest BCUT2D eigenvalue weighted by atomic mass is 32.2. The Morgan fingerprint density at radius 1 is 1.29 bits per heavy atom. The molecule has 0 aliphatic heterocycles. The van der Waals surface area contributed by atoms with Crippen molar-refractivity contribution in [3.63, 3.8) is 0 Å². The third kappa shape index (κ3) is 4.21. The first-order valence-corrected chi connectivity index (χ1v) is 10.7. The number of nitrogens with one attached hydrogen (secondary N) is 1. The molecule has 0 amide bonds. The van der Waals surface area contributed by atoms with Gasteiger partial charge in [0, 0.05) is 7.05 Å². The average molecular weight is 444 g/mol. The molecule has 3 aromatic rings. The minimum absolute atomic E-state index is 0.0822. The number of aryl methyl sites for hydroxylation is 1. The van der Waals surface area contributed by atoms with Gasteiger partial charge in [-0.05, 0) is 49.6 Å². The first-order chi connectivity index (χ1) is 14.8. The summed E-state index contributed by atoms with van der Waals surface area (Å²) < 4.78 is 52.9. The van der Waals surface area contributed by atoms with Crippen molar-refractivity contribution in [2.45, 2.75) is 25.4 Å². The van der Waals surface area contributed by atoms with Gasteiger partial charge in [0.1, 0.15) is 17.4 Å². The third-order valence-corrected chi connectivity index (χ3v) is 5.88. The number of hydrogen-bond acceptors (Lipinski definition) is 7. The second-order valence-electron chi connectivity index (χ2n) is 7.06. The molecule has 1 aliphatic carbocycles. The van der Waals surface area contributed by atoms with E-state index in [-0.39, 0.29) is 27.9 Å². The molecule has 1 saturated carbocycles. The largest absolute Gasteiger partial charge is 0.453 e. The summed E-state index contributed by atoms with van der Waals surface area (Å²) in [7, 11) is -2.66. The predicted octanol–water partition coefficient (Wildman–Crippen LogP) is 2.96. The fourth-order valence-corrected chi connectivity index (χ4v) is 4.07. The Kier molecular flexibility index (Phi) is 5.34. The van der Waals surface area contributed by atoms with Gasteiger partial charge in [-0.3, -0.25) is 13.7 Å². The molecule has 0 atom stereocenters. The van der Waals surface area contributed by atoms with Gasteiger partial charge in [0.25, 0.3) is 5.56 Å². The highest BCUT2D eigenvalue weighted by Crippen LogP contribution is 2.34. The van der Waals surface area contributed by atoms with E-state index < -0.39 is 28.0 Å². The summed E-state index contributed by atoms with van der Waals surface area (Å²) in [6.45, 7) is 0. The van der Waals surface area contributed by atoms with Crippen molar-refractivity contribution in [3.05, 3.63) is 58.4 Å². The number of halogens is 1. The average Bonchev–Trinajstić information content (AvgIpc) is 2.70. The third-order valence-electron chi connectivity index (χ3n) is 4.88. The number of ether oxygens (including phenoxy) is 1. The molecule has 0 radical (unpaired) electrons. The molecular weight excluding hydrogens is 427 g/mol. The number of benzene rings is 2. The second kappa shape index (κ2) is 7.98. The van der Waals surface area contributed by atoms with E-state index in [1.54, 1.807) is 6.07 Å². The zero-order valence-electron chi connectivity index (χ0n) is 16.3. The van der Waals surface area contributed by atoms with Crippen LogP contribution in [0.2, 0.25) is 0 Å². The molecule has 0 unspecified atom stereocenters. The molecule has 9 nitrogen and oxygen atoms in total. The summed E-state index contributed by atoms with van der Waals surface area (Å²) in [4.78, 5) is 16.4. The van der Waals surface area contributed by atoms with Crippen molar-refractivity contribution in [3.8, 4) is 17.6 Å². The van der Waals surface area contributed by atoms with Crippen molar-refractivity contribution in [1.29, 1.82) is 5.26 Å². The number of hydrogen-bond donors (Lipinski definition) is 1. The molecule has 160 valence electrons. The first-order valence-electron chi connectivity index (χ1n) is 9.34. The van der Waals surface area contributed by atoms with Crippen LogP contribution in [0.15, 0.2) is 41.5 Å². The van der Waals surface area contributed by atoms with Gasteiger partial charge < -0.3 is 9.30 Å². The van der Waals surface area contributed by atoms with Crippen LogP contribution >= 0.6 is 0 Å². The molecule has 0 saturated heterocycles. The Morgan fingerprint density at radius 2 is 2.06 bits per heavy atom. The van der Waals surface area contributed by atoms with Gasteiger partial charge >= 0.3 is 10.3 Å². The van der Waals surface area contributed by atoms with Crippen molar-refractivity contribution in [2.24, 2.45) is 7.05 Å². The molecular formula is C20H17FN4O5S. The second-order valence-corrected chi connectivity index (χ2v) is 8.36. The maximum atomic E-state index is 14.5. The summed E-state index contributed by atoms with van der Waals surface area (Å²) in [6, 6.07) is 8.21. The molecule has 1 aliphatic rings. The number of nitriles is 1. The standard InChI is InChI=1S/C20H17FN4O5S/c1-25-11-23-17-7-5-13(9-14(17)20(25)26)29-19-15(10-22)18(8-6-16(19)21)24-31(27,28)30-12-3-2-4-12/h5-9,11-12,24H,2-4H2,1H3. The minimum atomic E-state index is -4.20. The van der Waals surface area contributed by atoms with Gasteiger partial charge in [-0.1, -0.05) is 0 Å². The quantitative estimate of drug-likeness (QED) is 0.620. The Labute approximate surface area is 176 Å². The van der Waals surface area contributed by atoms with Gasteiger partial charge in [0.15, 0.2) is 11.6 Å². The van der Waals surface area contributed by atoms with Crippen molar-refractivity contribution < 1.29 is 21.7 Å². The van der Waals surface area contributed by atoms with Crippen LogP contribution in [-0.4, -0.2) is 24.1 Å². The molecule has 1 aromatic heterocycles.